The van der Waals surface area contributed by atoms with Gasteiger partial charge in [-0.15, -0.1) is 0 Å². The Hall–Kier alpha value is -3.12. The smallest absolute Gasteiger partial charge is 0.234 e. The quantitative estimate of drug-likeness (QED) is 0.676. The van der Waals surface area contributed by atoms with Crippen LogP contribution in [0.1, 0.15) is 17.1 Å². The summed E-state index contributed by atoms with van der Waals surface area (Å²) in [6, 6.07) is 17.2. The van der Waals surface area contributed by atoms with E-state index in [1.165, 1.54) is 0 Å². The average molecular weight is 347 g/mol. The predicted molar refractivity (Wildman–Crippen MR) is 98.7 cm³/mol. The number of carbonyl (C=O) groups excluding carboxylic acids is 1. The lowest BCUT2D eigenvalue weighted by molar-refractivity contribution is -0.122. The molecule has 3 aromatic rings. The van der Waals surface area contributed by atoms with Crippen LogP contribution in [0.4, 0.5) is 0 Å². The van der Waals surface area contributed by atoms with Crippen LogP contribution in [0.2, 0.25) is 0 Å². The molecule has 3 aromatic heterocycles. The molecule has 0 unspecified atom stereocenters. The molecule has 3 heterocycles. The summed E-state index contributed by atoms with van der Waals surface area (Å²) in [6.45, 7) is 1.84. The number of hydrogen-bond acceptors (Lipinski definition) is 5. The van der Waals surface area contributed by atoms with Crippen molar-refractivity contribution in [2.45, 2.75) is 19.6 Å². The number of rotatable bonds is 8. The Balaban J connectivity index is 1.61. The van der Waals surface area contributed by atoms with Crippen molar-refractivity contribution in [1.29, 1.82) is 0 Å². The minimum atomic E-state index is -0.0532. The van der Waals surface area contributed by atoms with Crippen molar-refractivity contribution < 1.29 is 4.79 Å². The van der Waals surface area contributed by atoms with E-state index in [0.717, 1.165) is 17.1 Å². The highest BCUT2D eigenvalue weighted by atomic mass is 16.2. The third-order valence-corrected chi connectivity index (χ3v) is 3.78. The molecule has 0 bridgehead atoms. The zero-order valence-electron chi connectivity index (χ0n) is 14.5. The predicted octanol–water partition coefficient (Wildman–Crippen LogP) is 2.19. The molecule has 1 N–H and O–H groups in total. The van der Waals surface area contributed by atoms with Crippen LogP contribution in [-0.2, 0) is 24.4 Å². The van der Waals surface area contributed by atoms with E-state index in [-0.39, 0.29) is 12.5 Å². The van der Waals surface area contributed by atoms with Gasteiger partial charge in [0.15, 0.2) is 0 Å². The molecule has 1 amide bonds. The van der Waals surface area contributed by atoms with Crippen molar-refractivity contribution in [3.8, 4) is 0 Å². The SMILES string of the molecule is O=C(CN(Cc1ccccn1)Cc1ccccn1)NCc1ccccn1. The van der Waals surface area contributed by atoms with Gasteiger partial charge in [0.1, 0.15) is 0 Å². The van der Waals surface area contributed by atoms with Crippen molar-refractivity contribution in [3.05, 3.63) is 90.3 Å². The molecule has 0 atom stereocenters. The fourth-order valence-electron chi connectivity index (χ4n) is 2.56. The first-order chi connectivity index (χ1) is 12.8. The van der Waals surface area contributed by atoms with Crippen molar-refractivity contribution in [1.82, 2.24) is 25.2 Å². The fourth-order valence-corrected chi connectivity index (χ4v) is 2.56. The molecular weight excluding hydrogens is 326 g/mol. The second-order valence-corrected chi connectivity index (χ2v) is 5.89. The maximum atomic E-state index is 12.4. The number of amides is 1. The zero-order chi connectivity index (χ0) is 18.0. The van der Waals surface area contributed by atoms with Crippen LogP contribution in [0.25, 0.3) is 0 Å². The van der Waals surface area contributed by atoms with Crippen LogP contribution in [0.15, 0.2) is 73.2 Å². The van der Waals surface area contributed by atoms with Crippen LogP contribution < -0.4 is 5.32 Å². The number of aromatic nitrogens is 3. The lowest BCUT2D eigenvalue weighted by atomic mass is 10.2. The molecule has 26 heavy (non-hydrogen) atoms. The van der Waals surface area contributed by atoms with E-state index < -0.39 is 0 Å². The Morgan fingerprint density at radius 2 is 1.27 bits per heavy atom. The van der Waals surface area contributed by atoms with Gasteiger partial charge in [-0.3, -0.25) is 24.6 Å². The lowest BCUT2D eigenvalue weighted by Crippen LogP contribution is -2.36. The molecule has 0 aliphatic heterocycles. The van der Waals surface area contributed by atoms with Crippen molar-refractivity contribution >= 4 is 5.91 Å². The van der Waals surface area contributed by atoms with Crippen molar-refractivity contribution in [3.63, 3.8) is 0 Å². The lowest BCUT2D eigenvalue weighted by Gasteiger charge is -2.21. The van der Waals surface area contributed by atoms with Gasteiger partial charge in [-0.25, -0.2) is 0 Å². The highest BCUT2D eigenvalue weighted by molar-refractivity contribution is 5.77. The molecule has 3 rings (SSSR count). The highest BCUT2D eigenvalue weighted by Gasteiger charge is 2.13. The van der Waals surface area contributed by atoms with E-state index in [0.29, 0.717) is 19.6 Å². The Morgan fingerprint density at radius 3 is 1.73 bits per heavy atom. The summed E-state index contributed by atoms with van der Waals surface area (Å²) >= 11 is 0. The monoisotopic (exact) mass is 347 g/mol. The zero-order valence-corrected chi connectivity index (χ0v) is 14.5. The Kier molecular flexibility index (Phi) is 6.39. The van der Waals surface area contributed by atoms with Gasteiger partial charge >= 0.3 is 0 Å². The van der Waals surface area contributed by atoms with E-state index in [4.69, 9.17) is 0 Å². The number of nitrogens with one attached hydrogen (secondary N) is 1. The maximum Gasteiger partial charge on any atom is 0.234 e. The van der Waals surface area contributed by atoms with Gasteiger partial charge in [0, 0.05) is 31.7 Å². The summed E-state index contributed by atoms with van der Waals surface area (Å²) in [6.07, 6.45) is 5.24. The molecular formula is C20H21N5O. The topological polar surface area (TPSA) is 71.0 Å². The van der Waals surface area contributed by atoms with Crippen LogP contribution in [0, 0.1) is 0 Å². The van der Waals surface area contributed by atoms with Crippen molar-refractivity contribution in [2.24, 2.45) is 0 Å². The van der Waals surface area contributed by atoms with Crippen LogP contribution in [-0.4, -0.2) is 32.3 Å². The molecule has 0 radical (unpaired) electrons. The highest BCUT2D eigenvalue weighted by Crippen LogP contribution is 2.06. The Morgan fingerprint density at radius 1 is 0.769 bits per heavy atom. The second-order valence-electron chi connectivity index (χ2n) is 5.89. The Labute approximate surface area is 153 Å². The fraction of sp³-hybridized carbons (Fsp3) is 0.200. The summed E-state index contributed by atoms with van der Waals surface area (Å²) in [5.41, 5.74) is 2.67. The van der Waals surface area contributed by atoms with Gasteiger partial charge in [-0.1, -0.05) is 18.2 Å². The van der Waals surface area contributed by atoms with E-state index in [2.05, 4.69) is 20.3 Å². The van der Waals surface area contributed by atoms with Gasteiger partial charge < -0.3 is 5.32 Å². The van der Waals surface area contributed by atoms with Gasteiger partial charge in [0.05, 0.1) is 30.2 Å². The Bertz CT molecular complexity index is 755. The first-order valence-electron chi connectivity index (χ1n) is 8.48. The molecule has 0 fully saturated rings. The maximum absolute atomic E-state index is 12.4. The van der Waals surface area contributed by atoms with Gasteiger partial charge in [0.2, 0.25) is 5.91 Å². The largest absolute Gasteiger partial charge is 0.349 e. The van der Waals surface area contributed by atoms with E-state index in [1.54, 1.807) is 18.6 Å². The summed E-state index contributed by atoms with van der Waals surface area (Å²) in [7, 11) is 0. The molecule has 0 aromatic carbocycles. The van der Waals surface area contributed by atoms with Crippen LogP contribution in [0.5, 0.6) is 0 Å². The first kappa shape index (κ1) is 17.7. The van der Waals surface area contributed by atoms with Crippen LogP contribution in [0.3, 0.4) is 0 Å². The molecule has 132 valence electrons. The third kappa shape index (κ3) is 5.75. The standard InChI is InChI=1S/C20H21N5O/c26-20(24-13-17-7-1-4-10-21-17)16-25(14-18-8-2-5-11-22-18)15-19-9-3-6-12-23-19/h1-12H,13-16H2,(H,24,26). The number of nitrogens with zero attached hydrogens (tertiary/aromatic N) is 4. The summed E-state index contributed by atoms with van der Waals surface area (Å²) in [5, 5.41) is 2.92. The van der Waals surface area contributed by atoms with E-state index in [9.17, 15) is 4.79 Å². The molecule has 0 aliphatic carbocycles. The molecule has 6 nitrogen and oxygen atoms in total. The van der Waals surface area contributed by atoms with E-state index >= 15 is 0 Å². The number of hydrogen-bond donors (Lipinski definition) is 1. The van der Waals surface area contributed by atoms with Gasteiger partial charge in [-0.05, 0) is 36.4 Å². The minimum Gasteiger partial charge on any atom is -0.349 e. The summed E-state index contributed by atoms with van der Waals surface area (Å²) < 4.78 is 0. The molecule has 0 spiro atoms. The number of pyridine rings is 3. The number of carbonyl (C=O) groups is 1. The van der Waals surface area contributed by atoms with Crippen molar-refractivity contribution in [2.75, 3.05) is 6.54 Å². The summed E-state index contributed by atoms with van der Waals surface area (Å²) in [4.78, 5) is 27.3. The third-order valence-electron chi connectivity index (χ3n) is 3.78. The molecule has 0 saturated heterocycles. The van der Waals surface area contributed by atoms with Crippen LogP contribution >= 0.6 is 0 Å². The van der Waals surface area contributed by atoms with Gasteiger partial charge in [0.25, 0.3) is 0 Å². The second kappa shape index (κ2) is 9.39. The molecule has 0 aliphatic rings. The normalized spacial score (nSPS) is 10.7. The van der Waals surface area contributed by atoms with E-state index in [1.807, 2.05) is 59.5 Å². The summed E-state index contributed by atoms with van der Waals surface area (Å²) in [5.74, 6) is -0.0532. The molecule has 0 saturated carbocycles. The van der Waals surface area contributed by atoms with Gasteiger partial charge in [-0.2, -0.15) is 0 Å². The average Bonchev–Trinajstić information content (AvgIpc) is 2.69. The molecule has 6 heteroatoms. The minimum absolute atomic E-state index is 0.0532. The first-order valence-corrected chi connectivity index (χ1v) is 8.48.